The van der Waals surface area contributed by atoms with Crippen LogP contribution in [0.4, 0.5) is 11.4 Å². The van der Waals surface area contributed by atoms with Crippen molar-refractivity contribution in [1.29, 1.82) is 0 Å². The lowest BCUT2D eigenvalue weighted by Crippen LogP contribution is -2.12. The van der Waals surface area contributed by atoms with Gasteiger partial charge in [0.25, 0.3) is 5.91 Å². The number of benzene rings is 1. The highest BCUT2D eigenvalue weighted by atomic mass is 16.1. The number of pyridine rings is 1. The minimum atomic E-state index is -0.109. The summed E-state index contributed by atoms with van der Waals surface area (Å²) < 4.78 is 0. The van der Waals surface area contributed by atoms with Crippen LogP contribution < -0.4 is 10.6 Å². The summed E-state index contributed by atoms with van der Waals surface area (Å²) >= 11 is 0. The van der Waals surface area contributed by atoms with E-state index in [9.17, 15) is 4.79 Å². The van der Waals surface area contributed by atoms with Crippen LogP contribution >= 0.6 is 0 Å². The third-order valence-corrected chi connectivity index (χ3v) is 3.25. The number of aromatic nitrogens is 1. The molecule has 0 radical (unpaired) electrons. The SMILES string of the molecule is Cc1ccc(NC(=O)c2ccc3c(c2)NCC3)cn1. The predicted molar refractivity (Wildman–Crippen MR) is 75.6 cm³/mol. The Hall–Kier alpha value is -2.36. The van der Waals surface area contributed by atoms with Crippen LogP contribution in [0.15, 0.2) is 36.5 Å². The van der Waals surface area contributed by atoms with Crippen molar-refractivity contribution in [3.63, 3.8) is 0 Å². The molecule has 0 aliphatic carbocycles. The number of carbonyl (C=O) groups excluding carboxylic acids is 1. The second-order valence-electron chi connectivity index (χ2n) is 4.69. The van der Waals surface area contributed by atoms with Gasteiger partial charge in [-0.3, -0.25) is 9.78 Å². The molecular formula is C15H15N3O. The first kappa shape index (κ1) is 11.7. The molecule has 0 saturated heterocycles. The zero-order valence-corrected chi connectivity index (χ0v) is 10.7. The van der Waals surface area contributed by atoms with Crippen molar-refractivity contribution in [3.8, 4) is 0 Å². The number of hydrogen-bond acceptors (Lipinski definition) is 3. The largest absolute Gasteiger partial charge is 0.384 e. The van der Waals surface area contributed by atoms with Crippen LogP contribution in [0.3, 0.4) is 0 Å². The highest BCUT2D eigenvalue weighted by Gasteiger charge is 2.13. The highest BCUT2D eigenvalue weighted by Crippen LogP contribution is 2.23. The van der Waals surface area contributed by atoms with Gasteiger partial charge in [0.1, 0.15) is 0 Å². The quantitative estimate of drug-likeness (QED) is 0.865. The summed E-state index contributed by atoms with van der Waals surface area (Å²) in [6.45, 7) is 2.86. The molecule has 0 fully saturated rings. The topological polar surface area (TPSA) is 54.0 Å². The van der Waals surface area contributed by atoms with Gasteiger partial charge in [-0.1, -0.05) is 6.07 Å². The second kappa shape index (κ2) is 4.72. The molecule has 19 heavy (non-hydrogen) atoms. The van der Waals surface area contributed by atoms with Gasteiger partial charge in [0, 0.05) is 23.5 Å². The number of rotatable bonds is 2. The van der Waals surface area contributed by atoms with Gasteiger partial charge in [-0.25, -0.2) is 0 Å². The van der Waals surface area contributed by atoms with Gasteiger partial charge >= 0.3 is 0 Å². The van der Waals surface area contributed by atoms with Gasteiger partial charge in [-0.05, 0) is 43.2 Å². The summed E-state index contributed by atoms with van der Waals surface area (Å²) in [7, 11) is 0. The van der Waals surface area contributed by atoms with Crippen molar-refractivity contribution < 1.29 is 4.79 Å². The van der Waals surface area contributed by atoms with E-state index in [0.29, 0.717) is 11.3 Å². The number of amides is 1. The first-order chi connectivity index (χ1) is 9.22. The molecule has 2 heterocycles. The lowest BCUT2D eigenvalue weighted by Gasteiger charge is -2.07. The van der Waals surface area contributed by atoms with Crippen molar-refractivity contribution >= 4 is 17.3 Å². The lowest BCUT2D eigenvalue weighted by atomic mass is 10.1. The van der Waals surface area contributed by atoms with Crippen LogP contribution in [0.5, 0.6) is 0 Å². The molecule has 4 nitrogen and oxygen atoms in total. The van der Waals surface area contributed by atoms with Crippen LogP contribution in [-0.2, 0) is 6.42 Å². The van der Waals surface area contributed by atoms with Gasteiger partial charge in [0.15, 0.2) is 0 Å². The standard InChI is InChI=1S/C15H15N3O/c1-10-2-5-13(9-17-10)18-15(19)12-4-3-11-6-7-16-14(11)8-12/h2-5,8-9,16H,6-7H2,1H3,(H,18,19). The molecule has 96 valence electrons. The maximum Gasteiger partial charge on any atom is 0.255 e. The average Bonchev–Trinajstić information content (AvgIpc) is 2.88. The molecule has 1 aromatic heterocycles. The normalized spacial score (nSPS) is 12.7. The number of fused-ring (bicyclic) bond motifs is 1. The second-order valence-corrected chi connectivity index (χ2v) is 4.69. The van der Waals surface area contributed by atoms with Crippen molar-refractivity contribution in [1.82, 2.24) is 4.98 Å². The van der Waals surface area contributed by atoms with Crippen LogP contribution in [0.1, 0.15) is 21.6 Å². The average molecular weight is 253 g/mol. The lowest BCUT2D eigenvalue weighted by molar-refractivity contribution is 0.102. The fourth-order valence-electron chi connectivity index (χ4n) is 2.18. The smallest absolute Gasteiger partial charge is 0.255 e. The van der Waals surface area contributed by atoms with E-state index in [1.165, 1.54) is 5.56 Å². The summed E-state index contributed by atoms with van der Waals surface area (Å²) in [5.74, 6) is -0.109. The van der Waals surface area contributed by atoms with Crippen LogP contribution in [-0.4, -0.2) is 17.4 Å². The molecular weight excluding hydrogens is 238 g/mol. The summed E-state index contributed by atoms with van der Waals surface area (Å²) in [5, 5.41) is 6.12. The van der Waals surface area contributed by atoms with Crippen LogP contribution in [0.2, 0.25) is 0 Å². The minimum absolute atomic E-state index is 0.109. The molecule has 0 spiro atoms. The van der Waals surface area contributed by atoms with Gasteiger partial charge < -0.3 is 10.6 Å². The first-order valence-electron chi connectivity index (χ1n) is 6.33. The van der Waals surface area contributed by atoms with Gasteiger partial charge in [-0.2, -0.15) is 0 Å². The number of anilines is 2. The van der Waals surface area contributed by atoms with Crippen molar-refractivity contribution in [2.24, 2.45) is 0 Å². The van der Waals surface area contributed by atoms with Gasteiger partial charge in [0.2, 0.25) is 0 Å². The van der Waals surface area contributed by atoms with E-state index in [0.717, 1.165) is 24.3 Å². The van der Waals surface area contributed by atoms with Crippen LogP contribution in [0, 0.1) is 6.92 Å². The number of aryl methyl sites for hydroxylation is 1. The zero-order valence-electron chi connectivity index (χ0n) is 10.7. The Morgan fingerprint density at radius 2 is 2.21 bits per heavy atom. The monoisotopic (exact) mass is 253 g/mol. The first-order valence-corrected chi connectivity index (χ1v) is 6.33. The van der Waals surface area contributed by atoms with Gasteiger partial charge in [-0.15, -0.1) is 0 Å². The Balaban J connectivity index is 1.78. The van der Waals surface area contributed by atoms with Gasteiger partial charge in [0.05, 0.1) is 11.9 Å². The zero-order chi connectivity index (χ0) is 13.2. The summed E-state index contributed by atoms with van der Waals surface area (Å²) in [4.78, 5) is 16.3. The summed E-state index contributed by atoms with van der Waals surface area (Å²) in [6, 6.07) is 9.51. The Bertz CT molecular complexity index is 620. The maximum absolute atomic E-state index is 12.1. The fraction of sp³-hybridized carbons (Fsp3) is 0.200. The highest BCUT2D eigenvalue weighted by molar-refractivity contribution is 6.04. The maximum atomic E-state index is 12.1. The van der Waals surface area contributed by atoms with Crippen molar-refractivity contribution in [2.45, 2.75) is 13.3 Å². The number of nitrogens with one attached hydrogen (secondary N) is 2. The minimum Gasteiger partial charge on any atom is -0.384 e. The molecule has 2 N–H and O–H groups in total. The van der Waals surface area contributed by atoms with E-state index in [2.05, 4.69) is 15.6 Å². The molecule has 2 aromatic rings. The van der Waals surface area contributed by atoms with E-state index in [4.69, 9.17) is 0 Å². The molecule has 1 aliphatic rings. The molecule has 0 bridgehead atoms. The van der Waals surface area contributed by atoms with E-state index in [1.54, 1.807) is 6.20 Å². The van der Waals surface area contributed by atoms with E-state index >= 15 is 0 Å². The Labute approximate surface area is 111 Å². The van der Waals surface area contributed by atoms with E-state index in [-0.39, 0.29) is 5.91 Å². The number of nitrogens with zero attached hydrogens (tertiary/aromatic N) is 1. The summed E-state index contributed by atoms with van der Waals surface area (Å²) in [5.41, 5.74) is 4.64. The molecule has 0 atom stereocenters. The van der Waals surface area contributed by atoms with Crippen molar-refractivity contribution in [3.05, 3.63) is 53.3 Å². The molecule has 1 amide bonds. The Morgan fingerprint density at radius 1 is 1.32 bits per heavy atom. The number of carbonyl (C=O) groups is 1. The molecule has 1 aliphatic heterocycles. The molecule has 0 unspecified atom stereocenters. The molecule has 0 saturated carbocycles. The fourth-order valence-corrected chi connectivity index (χ4v) is 2.18. The molecule has 4 heteroatoms. The Morgan fingerprint density at radius 3 is 3.00 bits per heavy atom. The van der Waals surface area contributed by atoms with Crippen molar-refractivity contribution in [2.75, 3.05) is 17.2 Å². The third kappa shape index (κ3) is 2.42. The van der Waals surface area contributed by atoms with E-state index in [1.807, 2.05) is 37.3 Å². The third-order valence-electron chi connectivity index (χ3n) is 3.25. The van der Waals surface area contributed by atoms with E-state index < -0.39 is 0 Å². The summed E-state index contributed by atoms with van der Waals surface area (Å²) in [6.07, 6.45) is 2.69. The molecule has 1 aromatic carbocycles. The molecule has 3 rings (SSSR count). The Kier molecular flexibility index (Phi) is 2.91. The van der Waals surface area contributed by atoms with Crippen LogP contribution in [0.25, 0.3) is 0 Å². The number of hydrogen-bond donors (Lipinski definition) is 2. The predicted octanol–water partition coefficient (Wildman–Crippen LogP) is 2.61.